The molecule has 0 spiro atoms. The third kappa shape index (κ3) is 3.11. The average Bonchev–Trinajstić information content (AvgIpc) is 2.87. The molecule has 2 aromatic rings. The minimum absolute atomic E-state index is 0.121. The highest BCUT2D eigenvalue weighted by molar-refractivity contribution is 6.01. The fraction of sp³-hybridized carbons (Fsp3) is 0.263. The van der Waals surface area contributed by atoms with Crippen molar-refractivity contribution in [3.8, 4) is 0 Å². The van der Waals surface area contributed by atoms with Crippen LogP contribution in [0.3, 0.4) is 0 Å². The van der Waals surface area contributed by atoms with Crippen LogP contribution in [0.25, 0.3) is 16.3 Å². The summed E-state index contributed by atoms with van der Waals surface area (Å²) in [5.74, 6) is -1.50. The molecule has 0 aromatic heterocycles. The zero-order valence-corrected chi connectivity index (χ0v) is 13.3. The standard InChI is InChI=1S/C19H18O5/c1-2-23-16(20)10-9-15-17(18(21)19(22)24-15)14-8-7-12-5-3-4-6-13(12)11-14/h3-8,11,15,21H,2,9-10H2,1H3. The Labute approximate surface area is 139 Å². The van der Waals surface area contributed by atoms with E-state index in [0.29, 0.717) is 17.7 Å². The summed E-state index contributed by atoms with van der Waals surface area (Å²) in [7, 11) is 0. The first kappa shape index (κ1) is 16.1. The summed E-state index contributed by atoms with van der Waals surface area (Å²) in [5, 5.41) is 12.2. The molecule has 0 saturated heterocycles. The zero-order valence-electron chi connectivity index (χ0n) is 13.3. The van der Waals surface area contributed by atoms with E-state index in [4.69, 9.17) is 9.47 Å². The number of fused-ring (bicyclic) bond motifs is 1. The first-order valence-corrected chi connectivity index (χ1v) is 7.89. The van der Waals surface area contributed by atoms with Gasteiger partial charge in [0, 0.05) is 12.0 Å². The van der Waals surface area contributed by atoms with Gasteiger partial charge >= 0.3 is 11.9 Å². The van der Waals surface area contributed by atoms with Gasteiger partial charge in [0.2, 0.25) is 5.76 Å². The van der Waals surface area contributed by atoms with Crippen molar-refractivity contribution >= 4 is 28.3 Å². The van der Waals surface area contributed by atoms with Crippen LogP contribution in [-0.2, 0) is 19.1 Å². The number of carbonyl (C=O) groups is 2. The number of aliphatic hydroxyl groups excluding tert-OH is 1. The Bertz CT molecular complexity index is 821. The van der Waals surface area contributed by atoms with Crippen LogP contribution < -0.4 is 0 Å². The van der Waals surface area contributed by atoms with Crippen LogP contribution in [-0.4, -0.2) is 29.8 Å². The van der Waals surface area contributed by atoms with Gasteiger partial charge in [-0.2, -0.15) is 0 Å². The number of benzene rings is 2. The summed E-state index contributed by atoms with van der Waals surface area (Å²) in [6.45, 7) is 2.04. The van der Waals surface area contributed by atoms with Gasteiger partial charge < -0.3 is 14.6 Å². The molecule has 1 atom stereocenters. The van der Waals surface area contributed by atoms with Crippen molar-refractivity contribution in [3.63, 3.8) is 0 Å². The molecule has 5 nitrogen and oxygen atoms in total. The lowest BCUT2D eigenvalue weighted by atomic mass is 9.95. The highest BCUT2D eigenvalue weighted by Gasteiger charge is 2.35. The predicted molar refractivity (Wildman–Crippen MR) is 89.2 cm³/mol. The number of cyclic esters (lactones) is 1. The molecule has 0 amide bonds. The molecule has 0 radical (unpaired) electrons. The molecule has 24 heavy (non-hydrogen) atoms. The Morgan fingerprint density at radius 3 is 2.71 bits per heavy atom. The van der Waals surface area contributed by atoms with Crippen molar-refractivity contribution in [2.24, 2.45) is 0 Å². The first-order chi connectivity index (χ1) is 11.6. The second kappa shape index (κ2) is 6.74. The molecular weight excluding hydrogens is 308 g/mol. The Balaban J connectivity index is 1.89. The van der Waals surface area contributed by atoms with Gasteiger partial charge in [0.15, 0.2) is 0 Å². The molecule has 0 saturated carbocycles. The number of ether oxygens (including phenoxy) is 2. The largest absolute Gasteiger partial charge is 0.502 e. The third-order valence-electron chi connectivity index (χ3n) is 4.00. The summed E-state index contributed by atoms with van der Waals surface area (Å²) >= 11 is 0. The summed E-state index contributed by atoms with van der Waals surface area (Å²) in [6.07, 6.45) is -0.254. The number of aliphatic hydroxyl groups is 1. The Kier molecular flexibility index (Phi) is 4.51. The molecule has 0 bridgehead atoms. The van der Waals surface area contributed by atoms with E-state index < -0.39 is 12.1 Å². The van der Waals surface area contributed by atoms with E-state index in [9.17, 15) is 14.7 Å². The molecule has 1 aliphatic rings. The fourth-order valence-electron chi connectivity index (χ4n) is 2.87. The van der Waals surface area contributed by atoms with Gasteiger partial charge in [0.05, 0.1) is 6.61 Å². The van der Waals surface area contributed by atoms with Crippen molar-refractivity contribution in [2.45, 2.75) is 25.9 Å². The van der Waals surface area contributed by atoms with E-state index in [2.05, 4.69) is 0 Å². The summed E-state index contributed by atoms with van der Waals surface area (Å²) in [4.78, 5) is 23.3. The van der Waals surface area contributed by atoms with Crippen LogP contribution in [0.1, 0.15) is 25.3 Å². The molecule has 1 unspecified atom stereocenters. The Morgan fingerprint density at radius 1 is 1.21 bits per heavy atom. The number of carbonyl (C=O) groups excluding carboxylic acids is 2. The minimum Gasteiger partial charge on any atom is -0.502 e. The number of hydrogen-bond acceptors (Lipinski definition) is 5. The maximum absolute atomic E-state index is 11.8. The smallest absolute Gasteiger partial charge is 0.374 e. The quantitative estimate of drug-likeness (QED) is 0.853. The molecular formula is C19H18O5. The van der Waals surface area contributed by atoms with Crippen LogP contribution in [0.5, 0.6) is 0 Å². The summed E-state index contributed by atoms with van der Waals surface area (Å²) in [6, 6.07) is 13.5. The van der Waals surface area contributed by atoms with E-state index in [1.54, 1.807) is 6.92 Å². The zero-order chi connectivity index (χ0) is 17.1. The molecule has 1 aliphatic heterocycles. The van der Waals surface area contributed by atoms with E-state index in [0.717, 1.165) is 10.8 Å². The molecule has 5 heteroatoms. The van der Waals surface area contributed by atoms with Crippen molar-refractivity contribution in [1.29, 1.82) is 0 Å². The van der Waals surface area contributed by atoms with Crippen LogP contribution in [0.2, 0.25) is 0 Å². The number of esters is 2. The van der Waals surface area contributed by atoms with Crippen LogP contribution >= 0.6 is 0 Å². The van der Waals surface area contributed by atoms with Gasteiger partial charge in [-0.1, -0.05) is 36.4 Å². The molecule has 1 N–H and O–H groups in total. The van der Waals surface area contributed by atoms with Crippen LogP contribution in [0.4, 0.5) is 0 Å². The fourth-order valence-corrected chi connectivity index (χ4v) is 2.87. The molecule has 0 fully saturated rings. The predicted octanol–water partition coefficient (Wildman–Crippen LogP) is 3.38. The maximum Gasteiger partial charge on any atom is 0.374 e. The van der Waals surface area contributed by atoms with Crippen molar-refractivity contribution in [3.05, 3.63) is 53.8 Å². The lowest BCUT2D eigenvalue weighted by molar-refractivity contribution is -0.146. The maximum atomic E-state index is 11.8. The van der Waals surface area contributed by atoms with Crippen LogP contribution in [0, 0.1) is 0 Å². The molecule has 3 rings (SSSR count). The van der Waals surface area contributed by atoms with Gasteiger partial charge in [-0.05, 0) is 35.7 Å². The van der Waals surface area contributed by atoms with Crippen molar-refractivity contribution in [1.82, 2.24) is 0 Å². The van der Waals surface area contributed by atoms with Gasteiger partial charge in [-0.15, -0.1) is 0 Å². The SMILES string of the molecule is CCOC(=O)CCC1OC(=O)C(O)=C1c1ccc2ccccc2c1. The van der Waals surface area contributed by atoms with Gasteiger partial charge in [-0.25, -0.2) is 4.79 Å². The number of hydrogen-bond donors (Lipinski definition) is 1. The Hall–Kier alpha value is -2.82. The second-order valence-electron chi connectivity index (χ2n) is 5.56. The van der Waals surface area contributed by atoms with Gasteiger partial charge in [0.25, 0.3) is 0 Å². The summed E-state index contributed by atoms with van der Waals surface area (Å²) < 4.78 is 10.1. The highest BCUT2D eigenvalue weighted by atomic mass is 16.6. The lowest BCUT2D eigenvalue weighted by Gasteiger charge is -2.14. The second-order valence-corrected chi connectivity index (χ2v) is 5.56. The van der Waals surface area contributed by atoms with Gasteiger partial charge in [-0.3, -0.25) is 4.79 Å². The molecule has 1 heterocycles. The van der Waals surface area contributed by atoms with E-state index in [-0.39, 0.29) is 24.6 Å². The first-order valence-electron chi connectivity index (χ1n) is 7.89. The molecule has 0 aliphatic carbocycles. The van der Waals surface area contributed by atoms with Crippen molar-refractivity contribution in [2.75, 3.05) is 6.61 Å². The van der Waals surface area contributed by atoms with Gasteiger partial charge in [0.1, 0.15) is 6.10 Å². The van der Waals surface area contributed by atoms with E-state index >= 15 is 0 Å². The topological polar surface area (TPSA) is 72.8 Å². The Morgan fingerprint density at radius 2 is 1.96 bits per heavy atom. The van der Waals surface area contributed by atoms with Crippen LogP contribution in [0.15, 0.2) is 48.2 Å². The van der Waals surface area contributed by atoms with Crippen molar-refractivity contribution < 1.29 is 24.2 Å². The molecule has 124 valence electrons. The van der Waals surface area contributed by atoms with E-state index in [1.807, 2.05) is 42.5 Å². The minimum atomic E-state index is -0.757. The monoisotopic (exact) mass is 326 g/mol. The normalized spacial score (nSPS) is 17.2. The average molecular weight is 326 g/mol. The molecule has 2 aromatic carbocycles. The third-order valence-corrected chi connectivity index (χ3v) is 4.00. The highest BCUT2D eigenvalue weighted by Crippen LogP contribution is 2.34. The lowest BCUT2D eigenvalue weighted by Crippen LogP contribution is -2.14. The summed E-state index contributed by atoms with van der Waals surface area (Å²) in [5.41, 5.74) is 1.14. The van der Waals surface area contributed by atoms with E-state index in [1.165, 1.54) is 0 Å². The number of rotatable bonds is 5.